The third-order valence-electron chi connectivity index (χ3n) is 5.09. The second kappa shape index (κ2) is 7.60. The zero-order chi connectivity index (χ0) is 20.5. The smallest absolute Gasteiger partial charge is 0.295 e. The van der Waals surface area contributed by atoms with Gasteiger partial charge in [0.1, 0.15) is 5.76 Å². The van der Waals surface area contributed by atoms with Crippen LogP contribution in [-0.4, -0.2) is 60.6 Å². The molecule has 7 heteroatoms. The predicted octanol–water partition coefficient (Wildman–Crippen LogP) is 2.40. The Morgan fingerprint density at radius 1 is 1.10 bits per heavy atom. The van der Waals surface area contributed by atoms with E-state index in [0.29, 0.717) is 35.7 Å². The molecular weight excluding hydrogens is 372 g/mol. The Labute approximate surface area is 168 Å². The largest absolute Gasteiger partial charge is 0.507 e. The fourth-order valence-corrected chi connectivity index (χ4v) is 3.60. The zero-order valence-corrected chi connectivity index (χ0v) is 16.3. The Morgan fingerprint density at radius 2 is 1.83 bits per heavy atom. The zero-order valence-electron chi connectivity index (χ0n) is 16.3. The summed E-state index contributed by atoms with van der Waals surface area (Å²) in [5, 5.41) is 10.9. The molecule has 7 nitrogen and oxygen atoms in total. The fraction of sp³-hybridized carbons (Fsp3) is 0.273. The second-order valence-corrected chi connectivity index (χ2v) is 7.27. The molecule has 2 aliphatic heterocycles. The molecule has 0 saturated carbocycles. The van der Waals surface area contributed by atoms with Gasteiger partial charge in [-0.2, -0.15) is 0 Å². The van der Waals surface area contributed by atoms with Crippen molar-refractivity contribution in [1.29, 1.82) is 0 Å². The molecule has 1 unspecified atom stereocenters. The van der Waals surface area contributed by atoms with E-state index in [2.05, 4.69) is 0 Å². The van der Waals surface area contributed by atoms with Gasteiger partial charge < -0.3 is 24.4 Å². The number of likely N-dealkylation sites (N-methyl/N-ethyl adjacent to an activating group) is 1. The Hall–Kier alpha value is -3.32. The molecule has 2 aliphatic rings. The molecule has 2 aromatic carbocycles. The molecule has 1 N–H and O–H groups in total. The summed E-state index contributed by atoms with van der Waals surface area (Å²) in [5.41, 5.74) is 1.26. The van der Waals surface area contributed by atoms with E-state index in [9.17, 15) is 14.7 Å². The van der Waals surface area contributed by atoms with Crippen LogP contribution in [0, 0.1) is 0 Å². The number of carbonyl (C=O) groups is 2. The normalized spacial score (nSPS) is 20.0. The van der Waals surface area contributed by atoms with Crippen molar-refractivity contribution >= 4 is 17.4 Å². The summed E-state index contributed by atoms with van der Waals surface area (Å²) in [5.74, 6) is -0.318. The first-order valence-corrected chi connectivity index (χ1v) is 9.35. The molecule has 1 amide bonds. The quantitative estimate of drug-likeness (QED) is 0.477. The highest BCUT2D eigenvalue weighted by Crippen LogP contribution is 2.42. The number of amides is 1. The summed E-state index contributed by atoms with van der Waals surface area (Å²) in [4.78, 5) is 29.2. The standard InChI is InChI=1S/C22H22N2O5/c1-23(2)10-11-24-19(15-8-9-16-17(12-15)29-13-28-16)18(21(26)22(24)27)20(25)14-6-4-3-5-7-14/h3-9,12,19,25H,10-11,13H2,1-2H3/b20-18+. The molecule has 0 spiro atoms. The number of fused-ring (bicyclic) bond motifs is 1. The SMILES string of the molecule is CN(C)CCN1C(=O)C(=O)/C(=C(/O)c2ccccc2)C1c1ccc2c(c1)OCO2. The van der Waals surface area contributed by atoms with Gasteiger partial charge in [0.15, 0.2) is 11.5 Å². The monoisotopic (exact) mass is 394 g/mol. The number of hydrogen-bond acceptors (Lipinski definition) is 6. The average Bonchev–Trinajstić information content (AvgIpc) is 3.29. The van der Waals surface area contributed by atoms with Crippen LogP contribution in [0.2, 0.25) is 0 Å². The van der Waals surface area contributed by atoms with Gasteiger partial charge in [-0.25, -0.2) is 0 Å². The van der Waals surface area contributed by atoms with Crippen LogP contribution in [0.5, 0.6) is 11.5 Å². The molecule has 0 aromatic heterocycles. The molecule has 0 radical (unpaired) electrons. The number of carbonyl (C=O) groups excluding carboxylic acids is 2. The first-order valence-electron chi connectivity index (χ1n) is 9.35. The van der Waals surface area contributed by atoms with E-state index in [4.69, 9.17) is 9.47 Å². The number of likely N-dealkylation sites (tertiary alicyclic amines) is 1. The van der Waals surface area contributed by atoms with Crippen molar-refractivity contribution in [2.75, 3.05) is 34.0 Å². The number of Topliss-reactive ketones (excluding diaryl/α,β-unsaturated/α-hetero) is 1. The van der Waals surface area contributed by atoms with Gasteiger partial charge in [-0.15, -0.1) is 0 Å². The highest BCUT2D eigenvalue weighted by molar-refractivity contribution is 6.46. The van der Waals surface area contributed by atoms with Crippen LogP contribution in [0.4, 0.5) is 0 Å². The van der Waals surface area contributed by atoms with E-state index in [-0.39, 0.29) is 18.1 Å². The van der Waals surface area contributed by atoms with Crippen molar-refractivity contribution in [3.63, 3.8) is 0 Å². The van der Waals surface area contributed by atoms with E-state index >= 15 is 0 Å². The van der Waals surface area contributed by atoms with Crippen molar-refractivity contribution < 1.29 is 24.2 Å². The first kappa shape index (κ1) is 19.0. The Morgan fingerprint density at radius 3 is 2.55 bits per heavy atom. The minimum atomic E-state index is -0.704. The van der Waals surface area contributed by atoms with Crippen molar-refractivity contribution in [3.8, 4) is 11.5 Å². The molecule has 0 bridgehead atoms. The van der Waals surface area contributed by atoms with Gasteiger partial charge in [-0.1, -0.05) is 36.4 Å². The summed E-state index contributed by atoms with van der Waals surface area (Å²) in [6, 6.07) is 13.4. The van der Waals surface area contributed by atoms with E-state index < -0.39 is 17.7 Å². The van der Waals surface area contributed by atoms with Gasteiger partial charge in [0.2, 0.25) is 6.79 Å². The predicted molar refractivity (Wildman–Crippen MR) is 107 cm³/mol. The van der Waals surface area contributed by atoms with Gasteiger partial charge in [0, 0.05) is 18.7 Å². The van der Waals surface area contributed by atoms with Gasteiger partial charge >= 0.3 is 0 Å². The van der Waals surface area contributed by atoms with E-state index in [1.807, 2.05) is 25.1 Å². The van der Waals surface area contributed by atoms with Gasteiger partial charge in [-0.05, 0) is 31.8 Å². The molecule has 4 rings (SSSR count). The molecule has 1 fully saturated rings. The summed E-state index contributed by atoms with van der Waals surface area (Å²) < 4.78 is 10.8. The van der Waals surface area contributed by atoms with E-state index in [1.54, 1.807) is 42.5 Å². The van der Waals surface area contributed by atoms with Crippen LogP contribution < -0.4 is 9.47 Å². The number of rotatable bonds is 5. The highest BCUT2D eigenvalue weighted by atomic mass is 16.7. The van der Waals surface area contributed by atoms with Gasteiger partial charge in [0.05, 0.1) is 11.6 Å². The first-order chi connectivity index (χ1) is 14.0. The number of aliphatic hydroxyl groups excluding tert-OH is 1. The van der Waals surface area contributed by atoms with Gasteiger partial charge in [0.25, 0.3) is 11.7 Å². The maximum atomic E-state index is 12.9. The van der Waals surface area contributed by atoms with Crippen LogP contribution in [0.3, 0.4) is 0 Å². The van der Waals surface area contributed by atoms with E-state index in [1.165, 1.54) is 4.90 Å². The number of benzene rings is 2. The molecule has 2 aromatic rings. The lowest BCUT2D eigenvalue weighted by Gasteiger charge is -2.26. The van der Waals surface area contributed by atoms with Crippen LogP contribution in [0.25, 0.3) is 5.76 Å². The number of ketones is 1. The number of aliphatic hydroxyl groups is 1. The molecule has 1 saturated heterocycles. The van der Waals surface area contributed by atoms with Crippen LogP contribution in [-0.2, 0) is 9.59 Å². The maximum absolute atomic E-state index is 12.9. The Balaban J connectivity index is 1.84. The third-order valence-corrected chi connectivity index (χ3v) is 5.09. The highest BCUT2D eigenvalue weighted by Gasteiger charge is 2.46. The van der Waals surface area contributed by atoms with Crippen LogP contribution >= 0.6 is 0 Å². The van der Waals surface area contributed by atoms with Crippen molar-refractivity contribution in [1.82, 2.24) is 9.80 Å². The lowest BCUT2D eigenvalue weighted by Crippen LogP contribution is -2.35. The summed E-state index contributed by atoms with van der Waals surface area (Å²) >= 11 is 0. The number of ether oxygens (including phenoxy) is 2. The molecule has 29 heavy (non-hydrogen) atoms. The third kappa shape index (κ3) is 3.45. The van der Waals surface area contributed by atoms with Crippen LogP contribution in [0.1, 0.15) is 17.2 Å². The van der Waals surface area contributed by atoms with Gasteiger partial charge in [-0.3, -0.25) is 9.59 Å². The van der Waals surface area contributed by atoms with Crippen LogP contribution in [0.15, 0.2) is 54.1 Å². The maximum Gasteiger partial charge on any atom is 0.295 e. The number of nitrogens with zero attached hydrogens (tertiary/aromatic N) is 2. The lowest BCUT2D eigenvalue weighted by atomic mass is 9.95. The average molecular weight is 394 g/mol. The summed E-state index contributed by atoms with van der Waals surface area (Å²) in [6.07, 6.45) is 0. The molecule has 2 heterocycles. The van der Waals surface area contributed by atoms with Crippen molar-refractivity contribution in [2.24, 2.45) is 0 Å². The minimum Gasteiger partial charge on any atom is -0.507 e. The van der Waals surface area contributed by atoms with E-state index in [0.717, 1.165) is 0 Å². The molecule has 0 aliphatic carbocycles. The van der Waals surface area contributed by atoms with Crippen molar-refractivity contribution in [2.45, 2.75) is 6.04 Å². The molecular formula is C22H22N2O5. The Kier molecular flexibility index (Phi) is 4.98. The second-order valence-electron chi connectivity index (χ2n) is 7.27. The molecule has 1 atom stereocenters. The van der Waals surface area contributed by atoms with Crippen molar-refractivity contribution in [3.05, 3.63) is 65.2 Å². The minimum absolute atomic E-state index is 0.0822. The summed E-state index contributed by atoms with van der Waals surface area (Å²) in [7, 11) is 3.80. The Bertz CT molecular complexity index is 984. The fourth-order valence-electron chi connectivity index (χ4n) is 3.60. The topological polar surface area (TPSA) is 79.3 Å². The number of hydrogen-bond donors (Lipinski definition) is 1. The molecule has 150 valence electrons. The lowest BCUT2D eigenvalue weighted by molar-refractivity contribution is -0.140. The summed E-state index contributed by atoms with van der Waals surface area (Å²) in [6.45, 7) is 1.06.